The fraction of sp³-hybridized carbons (Fsp3) is 0.435. The summed E-state index contributed by atoms with van der Waals surface area (Å²) in [5, 5.41) is 2.96. The Hall–Kier alpha value is -2.18. The number of aryl methyl sites for hydroxylation is 1. The molecule has 1 aliphatic rings. The van der Waals surface area contributed by atoms with E-state index in [9.17, 15) is 13.2 Å². The van der Waals surface area contributed by atoms with Crippen molar-refractivity contribution in [2.75, 3.05) is 13.1 Å². The SMILES string of the molecule is Cc1ccc(S(=O)(=O)N2CCCCC2C)cc1C(=O)NCC(C)c1ccccc1. The predicted octanol–water partition coefficient (Wildman–Crippen LogP) is 4.09. The molecule has 6 heteroatoms. The van der Waals surface area contributed by atoms with E-state index in [0.717, 1.165) is 30.4 Å². The lowest BCUT2D eigenvalue weighted by molar-refractivity contribution is 0.0951. The molecule has 1 heterocycles. The van der Waals surface area contributed by atoms with Crippen LogP contribution in [0.15, 0.2) is 53.4 Å². The standard InChI is InChI=1S/C23H30N2O3S/c1-17-12-13-21(29(27,28)25-14-8-7-9-19(25)3)15-22(17)23(26)24-16-18(2)20-10-5-4-6-11-20/h4-6,10-13,15,18-19H,7-9,14,16H2,1-3H3,(H,24,26). The molecule has 0 saturated carbocycles. The smallest absolute Gasteiger partial charge is 0.251 e. The van der Waals surface area contributed by atoms with Crippen LogP contribution in [0.5, 0.6) is 0 Å². The fourth-order valence-electron chi connectivity index (χ4n) is 3.81. The Morgan fingerprint density at radius 1 is 1.17 bits per heavy atom. The summed E-state index contributed by atoms with van der Waals surface area (Å²) in [5.74, 6) is -0.0735. The van der Waals surface area contributed by atoms with Gasteiger partial charge in [0.15, 0.2) is 0 Å². The number of nitrogens with zero attached hydrogens (tertiary/aromatic N) is 1. The van der Waals surface area contributed by atoms with Gasteiger partial charge in [0.05, 0.1) is 4.90 Å². The Kier molecular flexibility index (Phi) is 6.75. The topological polar surface area (TPSA) is 66.5 Å². The highest BCUT2D eigenvalue weighted by atomic mass is 32.2. The number of sulfonamides is 1. The van der Waals surface area contributed by atoms with Crippen molar-refractivity contribution in [2.45, 2.75) is 56.9 Å². The van der Waals surface area contributed by atoms with Crippen LogP contribution in [0, 0.1) is 6.92 Å². The van der Waals surface area contributed by atoms with Crippen LogP contribution in [-0.4, -0.2) is 37.8 Å². The lowest BCUT2D eigenvalue weighted by Gasteiger charge is -2.32. The van der Waals surface area contributed by atoms with Crippen molar-refractivity contribution >= 4 is 15.9 Å². The molecule has 1 N–H and O–H groups in total. The van der Waals surface area contributed by atoms with E-state index < -0.39 is 10.0 Å². The summed E-state index contributed by atoms with van der Waals surface area (Å²) in [6, 6.07) is 14.8. The van der Waals surface area contributed by atoms with Crippen LogP contribution in [0.1, 0.15) is 60.5 Å². The highest BCUT2D eigenvalue weighted by Gasteiger charge is 2.31. The van der Waals surface area contributed by atoms with Gasteiger partial charge in [-0.1, -0.05) is 49.7 Å². The minimum atomic E-state index is -3.60. The van der Waals surface area contributed by atoms with Crippen LogP contribution in [0.25, 0.3) is 0 Å². The Labute approximate surface area is 174 Å². The Morgan fingerprint density at radius 2 is 1.90 bits per heavy atom. The molecule has 1 aliphatic heterocycles. The first kappa shape index (κ1) is 21.5. The maximum atomic E-state index is 13.1. The molecule has 0 aliphatic carbocycles. The van der Waals surface area contributed by atoms with E-state index in [1.807, 2.05) is 44.2 Å². The van der Waals surface area contributed by atoms with Crippen LogP contribution in [0.4, 0.5) is 0 Å². The van der Waals surface area contributed by atoms with Gasteiger partial charge in [-0.25, -0.2) is 8.42 Å². The van der Waals surface area contributed by atoms with Crippen molar-refractivity contribution in [3.8, 4) is 0 Å². The van der Waals surface area contributed by atoms with Crippen molar-refractivity contribution in [2.24, 2.45) is 0 Å². The zero-order valence-electron chi connectivity index (χ0n) is 17.4. The van der Waals surface area contributed by atoms with E-state index in [-0.39, 0.29) is 22.8 Å². The number of nitrogens with one attached hydrogen (secondary N) is 1. The summed E-state index contributed by atoms with van der Waals surface area (Å²) < 4.78 is 27.8. The van der Waals surface area contributed by atoms with Gasteiger partial charge in [0, 0.05) is 24.7 Å². The summed E-state index contributed by atoms with van der Waals surface area (Å²) in [7, 11) is -3.60. The molecule has 1 fully saturated rings. The second-order valence-corrected chi connectivity index (χ2v) is 9.85. The second kappa shape index (κ2) is 9.09. The molecule has 1 amide bonds. The van der Waals surface area contributed by atoms with Crippen molar-refractivity contribution in [3.05, 3.63) is 65.2 Å². The minimum absolute atomic E-state index is 0.0148. The van der Waals surface area contributed by atoms with Gasteiger partial charge in [0.25, 0.3) is 5.91 Å². The van der Waals surface area contributed by atoms with Crippen molar-refractivity contribution in [1.82, 2.24) is 9.62 Å². The number of carbonyl (C=O) groups is 1. The first-order chi connectivity index (χ1) is 13.8. The molecule has 1 saturated heterocycles. The van der Waals surface area contributed by atoms with Crippen LogP contribution < -0.4 is 5.32 Å². The lowest BCUT2D eigenvalue weighted by Crippen LogP contribution is -2.42. The molecule has 2 atom stereocenters. The number of carbonyl (C=O) groups excluding carboxylic acids is 1. The van der Waals surface area contributed by atoms with Crippen LogP contribution >= 0.6 is 0 Å². The summed E-state index contributed by atoms with van der Waals surface area (Å²) in [6.45, 7) is 6.86. The maximum absolute atomic E-state index is 13.1. The largest absolute Gasteiger partial charge is 0.351 e. The average Bonchev–Trinajstić information content (AvgIpc) is 2.72. The Balaban J connectivity index is 1.77. The fourth-order valence-corrected chi connectivity index (χ4v) is 5.54. The molecule has 29 heavy (non-hydrogen) atoms. The van der Waals surface area contributed by atoms with Gasteiger partial charge in [-0.3, -0.25) is 4.79 Å². The molecule has 0 radical (unpaired) electrons. The highest BCUT2D eigenvalue weighted by molar-refractivity contribution is 7.89. The monoisotopic (exact) mass is 414 g/mol. The number of benzene rings is 2. The van der Waals surface area contributed by atoms with Crippen LogP contribution in [0.3, 0.4) is 0 Å². The van der Waals surface area contributed by atoms with Gasteiger partial charge in [-0.2, -0.15) is 4.31 Å². The number of amides is 1. The Bertz CT molecular complexity index is 957. The third kappa shape index (κ3) is 4.87. The van der Waals surface area contributed by atoms with E-state index in [2.05, 4.69) is 12.2 Å². The van der Waals surface area contributed by atoms with Gasteiger partial charge >= 0.3 is 0 Å². The molecule has 2 aromatic carbocycles. The molecule has 5 nitrogen and oxygen atoms in total. The zero-order valence-corrected chi connectivity index (χ0v) is 18.2. The molecule has 156 valence electrons. The number of piperidine rings is 1. The number of hydrogen-bond acceptors (Lipinski definition) is 3. The predicted molar refractivity (Wildman–Crippen MR) is 116 cm³/mol. The van der Waals surface area contributed by atoms with Crippen molar-refractivity contribution in [3.63, 3.8) is 0 Å². The molecule has 0 aromatic heterocycles. The quantitative estimate of drug-likeness (QED) is 0.774. The maximum Gasteiger partial charge on any atom is 0.251 e. The van der Waals surface area contributed by atoms with E-state index in [4.69, 9.17) is 0 Å². The number of hydrogen-bond donors (Lipinski definition) is 1. The lowest BCUT2D eigenvalue weighted by atomic mass is 10.0. The van der Waals surface area contributed by atoms with Crippen molar-refractivity contribution in [1.29, 1.82) is 0 Å². The average molecular weight is 415 g/mol. The normalized spacial score (nSPS) is 18.9. The van der Waals surface area contributed by atoms with Gasteiger partial charge in [-0.05, 0) is 55.9 Å². The third-order valence-electron chi connectivity index (χ3n) is 5.74. The Morgan fingerprint density at radius 3 is 2.59 bits per heavy atom. The van der Waals surface area contributed by atoms with Gasteiger partial charge in [0.1, 0.15) is 0 Å². The van der Waals surface area contributed by atoms with Crippen LogP contribution in [-0.2, 0) is 10.0 Å². The van der Waals surface area contributed by atoms with Crippen LogP contribution in [0.2, 0.25) is 0 Å². The minimum Gasteiger partial charge on any atom is -0.351 e. The van der Waals surface area contributed by atoms with E-state index in [0.29, 0.717) is 18.7 Å². The summed E-state index contributed by atoms with van der Waals surface area (Å²) in [5.41, 5.74) is 2.33. The van der Waals surface area contributed by atoms with E-state index in [1.54, 1.807) is 16.4 Å². The molecule has 0 spiro atoms. The van der Waals surface area contributed by atoms with E-state index in [1.165, 1.54) is 6.07 Å². The molecular weight excluding hydrogens is 384 g/mol. The first-order valence-corrected chi connectivity index (χ1v) is 11.7. The molecular formula is C23H30N2O3S. The molecule has 0 bridgehead atoms. The second-order valence-electron chi connectivity index (χ2n) is 7.96. The molecule has 2 unspecified atom stereocenters. The summed E-state index contributed by atoms with van der Waals surface area (Å²) in [6.07, 6.45) is 2.80. The summed E-state index contributed by atoms with van der Waals surface area (Å²) in [4.78, 5) is 13.0. The molecule has 2 aromatic rings. The van der Waals surface area contributed by atoms with Crippen molar-refractivity contribution < 1.29 is 13.2 Å². The van der Waals surface area contributed by atoms with E-state index >= 15 is 0 Å². The number of rotatable bonds is 6. The van der Waals surface area contributed by atoms with Gasteiger partial charge in [-0.15, -0.1) is 0 Å². The van der Waals surface area contributed by atoms with Gasteiger partial charge in [0.2, 0.25) is 10.0 Å². The third-order valence-corrected chi connectivity index (χ3v) is 7.75. The summed E-state index contributed by atoms with van der Waals surface area (Å²) >= 11 is 0. The zero-order chi connectivity index (χ0) is 21.0. The highest BCUT2D eigenvalue weighted by Crippen LogP contribution is 2.26. The molecule has 3 rings (SSSR count). The van der Waals surface area contributed by atoms with Gasteiger partial charge < -0.3 is 5.32 Å². The first-order valence-electron chi connectivity index (χ1n) is 10.3.